The van der Waals surface area contributed by atoms with Gasteiger partial charge in [-0.3, -0.25) is 9.36 Å². The fraction of sp³-hybridized carbons (Fsp3) is 0.600. The highest BCUT2D eigenvalue weighted by molar-refractivity contribution is 4.83. The van der Waals surface area contributed by atoms with Gasteiger partial charge in [0.15, 0.2) is 0 Å². The normalized spacial score (nSPS) is 22.9. The van der Waals surface area contributed by atoms with E-state index in [2.05, 4.69) is 16.9 Å². The summed E-state index contributed by atoms with van der Waals surface area (Å²) < 4.78 is 7.17. The average Bonchev–Trinajstić information content (AvgIpc) is 2.22. The Balaban J connectivity index is 2.02. The van der Waals surface area contributed by atoms with Gasteiger partial charge in [0, 0.05) is 25.4 Å². The molecule has 15 heavy (non-hydrogen) atoms. The number of nitrogens with zero attached hydrogens (tertiary/aromatic N) is 3. The van der Waals surface area contributed by atoms with Crippen LogP contribution in [0.15, 0.2) is 23.4 Å². The van der Waals surface area contributed by atoms with E-state index in [0.717, 1.165) is 19.7 Å². The molecule has 2 heterocycles. The van der Waals surface area contributed by atoms with Gasteiger partial charge in [-0.05, 0) is 7.05 Å². The van der Waals surface area contributed by atoms with Crippen LogP contribution in [0.5, 0.6) is 0 Å². The second-order valence-electron chi connectivity index (χ2n) is 3.83. The first-order valence-corrected chi connectivity index (χ1v) is 5.06. The number of rotatable bonds is 2. The number of ether oxygens (including phenoxy) is 1. The summed E-state index contributed by atoms with van der Waals surface area (Å²) in [6.45, 7) is 3.13. The van der Waals surface area contributed by atoms with Crippen LogP contribution in [-0.2, 0) is 11.3 Å². The van der Waals surface area contributed by atoms with E-state index in [1.807, 2.05) is 0 Å². The molecule has 0 bridgehead atoms. The Morgan fingerprint density at radius 2 is 2.53 bits per heavy atom. The number of aromatic nitrogens is 2. The second-order valence-corrected chi connectivity index (χ2v) is 3.83. The smallest absolute Gasteiger partial charge is 0.253 e. The first-order chi connectivity index (χ1) is 7.25. The van der Waals surface area contributed by atoms with Gasteiger partial charge in [0.05, 0.1) is 25.6 Å². The molecule has 0 N–H and O–H groups in total. The Kier molecular flexibility index (Phi) is 3.13. The molecule has 1 aromatic heterocycles. The van der Waals surface area contributed by atoms with Gasteiger partial charge in [-0.25, -0.2) is 4.98 Å². The van der Waals surface area contributed by atoms with Crippen molar-refractivity contribution in [1.29, 1.82) is 0 Å². The third kappa shape index (κ3) is 2.64. The van der Waals surface area contributed by atoms with E-state index in [4.69, 9.17) is 4.74 Å². The molecule has 1 atom stereocenters. The molecule has 0 amide bonds. The van der Waals surface area contributed by atoms with Crippen LogP contribution in [0, 0.1) is 0 Å². The highest BCUT2D eigenvalue weighted by atomic mass is 16.5. The minimum atomic E-state index is -0.0261. The van der Waals surface area contributed by atoms with E-state index in [0.29, 0.717) is 6.54 Å². The summed E-state index contributed by atoms with van der Waals surface area (Å²) in [4.78, 5) is 17.6. The summed E-state index contributed by atoms with van der Waals surface area (Å²) in [6, 6.07) is 1.46. The lowest BCUT2D eigenvalue weighted by molar-refractivity contribution is -0.0280. The molecule has 5 heteroatoms. The molecule has 1 aliphatic rings. The van der Waals surface area contributed by atoms with Crippen LogP contribution in [0.3, 0.4) is 0 Å². The summed E-state index contributed by atoms with van der Waals surface area (Å²) in [5.41, 5.74) is -0.0261. The molecule has 2 rings (SSSR count). The lowest BCUT2D eigenvalue weighted by atomic mass is 10.3. The number of morpholine rings is 1. The zero-order valence-corrected chi connectivity index (χ0v) is 8.80. The van der Waals surface area contributed by atoms with Crippen molar-refractivity contribution in [3.63, 3.8) is 0 Å². The van der Waals surface area contributed by atoms with Gasteiger partial charge in [0.1, 0.15) is 0 Å². The Morgan fingerprint density at radius 1 is 1.67 bits per heavy atom. The van der Waals surface area contributed by atoms with Crippen molar-refractivity contribution in [2.75, 3.05) is 26.7 Å². The van der Waals surface area contributed by atoms with E-state index < -0.39 is 0 Å². The monoisotopic (exact) mass is 209 g/mol. The summed E-state index contributed by atoms with van der Waals surface area (Å²) in [7, 11) is 2.06. The molecular weight excluding hydrogens is 194 g/mol. The van der Waals surface area contributed by atoms with Crippen molar-refractivity contribution in [3.05, 3.63) is 28.9 Å². The molecule has 0 aromatic carbocycles. The molecule has 1 aliphatic heterocycles. The molecule has 1 aromatic rings. The zero-order chi connectivity index (χ0) is 10.7. The maximum absolute atomic E-state index is 11.4. The standard InChI is InChI=1S/C10H15N3O2/c1-12-4-5-15-9(6-12)7-13-8-11-3-2-10(13)14/h2-3,8-9H,4-7H2,1H3. The quantitative estimate of drug-likeness (QED) is 0.663. The molecule has 0 radical (unpaired) electrons. The minimum absolute atomic E-state index is 0.0261. The molecule has 0 saturated carbocycles. The SMILES string of the molecule is CN1CCOC(Cn2cnccc2=O)C1. The van der Waals surface area contributed by atoms with Crippen molar-refractivity contribution < 1.29 is 4.74 Å². The Bertz CT molecular complexity index is 377. The van der Waals surface area contributed by atoms with Crippen molar-refractivity contribution >= 4 is 0 Å². The van der Waals surface area contributed by atoms with Crippen LogP contribution in [0.25, 0.3) is 0 Å². The van der Waals surface area contributed by atoms with Crippen molar-refractivity contribution in [2.45, 2.75) is 12.6 Å². The first-order valence-electron chi connectivity index (χ1n) is 5.06. The van der Waals surface area contributed by atoms with Gasteiger partial charge >= 0.3 is 0 Å². The molecule has 1 fully saturated rings. The molecule has 5 nitrogen and oxygen atoms in total. The topological polar surface area (TPSA) is 47.4 Å². The number of likely N-dealkylation sites (N-methyl/N-ethyl adjacent to an activating group) is 1. The minimum Gasteiger partial charge on any atom is -0.374 e. The van der Waals surface area contributed by atoms with Gasteiger partial charge in [-0.2, -0.15) is 0 Å². The van der Waals surface area contributed by atoms with Gasteiger partial charge < -0.3 is 9.64 Å². The third-order valence-corrected chi connectivity index (χ3v) is 2.53. The Labute approximate surface area is 88.3 Å². The van der Waals surface area contributed by atoms with Crippen LogP contribution < -0.4 is 5.56 Å². The van der Waals surface area contributed by atoms with Crippen molar-refractivity contribution in [2.24, 2.45) is 0 Å². The zero-order valence-electron chi connectivity index (χ0n) is 8.80. The second kappa shape index (κ2) is 4.55. The average molecular weight is 209 g/mol. The van der Waals surface area contributed by atoms with E-state index in [1.54, 1.807) is 10.9 Å². The van der Waals surface area contributed by atoms with Crippen LogP contribution in [0.4, 0.5) is 0 Å². The van der Waals surface area contributed by atoms with Gasteiger partial charge in [-0.15, -0.1) is 0 Å². The predicted molar refractivity (Wildman–Crippen MR) is 55.7 cm³/mol. The molecule has 0 aliphatic carbocycles. The van der Waals surface area contributed by atoms with Crippen molar-refractivity contribution in [3.8, 4) is 0 Å². The summed E-state index contributed by atoms with van der Waals surface area (Å²) in [5, 5.41) is 0. The molecule has 1 saturated heterocycles. The van der Waals surface area contributed by atoms with Gasteiger partial charge in [0.2, 0.25) is 0 Å². The molecule has 82 valence electrons. The molecular formula is C10H15N3O2. The predicted octanol–water partition coefficient (Wildman–Crippen LogP) is -0.426. The fourth-order valence-electron chi connectivity index (χ4n) is 1.71. The van der Waals surface area contributed by atoms with Crippen LogP contribution >= 0.6 is 0 Å². The van der Waals surface area contributed by atoms with E-state index in [-0.39, 0.29) is 11.7 Å². The summed E-state index contributed by atoms with van der Waals surface area (Å²) in [5.74, 6) is 0. The summed E-state index contributed by atoms with van der Waals surface area (Å²) in [6.07, 6.45) is 3.15. The van der Waals surface area contributed by atoms with Gasteiger partial charge in [0.25, 0.3) is 5.56 Å². The number of hydrogen-bond acceptors (Lipinski definition) is 4. The third-order valence-electron chi connectivity index (χ3n) is 2.53. The lowest BCUT2D eigenvalue weighted by Gasteiger charge is -2.30. The summed E-state index contributed by atoms with van der Waals surface area (Å²) >= 11 is 0. The highest BCUT2D eigenvalue weighted by Crippen LogP contribution is 2.04. The Morgan fingerprint density at radius 3 is 3.27 bits per heavy atom. The van der Waals surface area contributed by atoms with Crippen LogP contribution in [0.1, 0.15) is 0 Å². The first kappa shape index (κ1) is 10.3. The van der Waals surface area contributed by atoms with E-state index in [1.165, 1.54) is 12.3 Å². The maximum atomic E-state index is 11.4. The number of hydrogen-bond donors (Lipinski definition) is 0. The van der Waals surface area contributed by atoms with Crippen LogP contribution in [0.2, 0.25) is 0 Å². The lowest BCUT2D eigenvalue weighted by Crippen LogP contribution is -2.43. The highest BCUT2D eigenvalue weighted by Gasteiger charge is 2.18. The maximum Gasteiger partial charge on any atom is 0.253 e. The van der Waals surface area contributed by atoms with Gasteiger partial charge in [-0.1, -0.05) is 0 Å². The van der Waals surface area contributed by atoms with Crippen molar-refractivity contribution in [1.82, 2.24) is 14.5 Å². The molecule has 1 unspecified atom stereocenters. The van der Waals surface area contributed by atoms with Crippen LogP contribution in [-0.4, -0.2) is 47.3 Å². The van der Waals surface area contributed by atoms with E-state index in [9.17, 15) is 4.79 Å². The Hall–Kier alpha value is -1.20. The largest absolute Gasteiger partial charge is 0.374 e. The van der Waals surface area contributed by atoms with E-state index >= 15 is 0 Å². The molecule has 0 spiro atoms. The fourth-order valence-corrected chi connectivity index (χ4v) is 1.71.